The summed E-state index contributed by atoms with van der Waals surface area (Å²) in [6, 6.07) is 6.53. The second-order valence-electron chi connectivity index (χ2n) is 6.41. The number of nitrogens with zero attached hydrogens (tertiary/aromatic N) is 2. The molecule has 1 aromatic heterocycles. The molecule has 0 aliphatic heterocycles. The van der Waals surface area contributed by atoms with Gasteiger partial charge in [-0.1, -0.05) is 19.4 Å². The van der Waals surface area contributed by atoms with Crippen LogP contribution in [0.1, 0.15) is 56.3 Å². The quantitative estimate of drug-likeness (QED) is 0.690. The van der Waals surface area contributed by atoms with Crippen molar-refractivity contribution >= 4 is 22.6 Å². The van der Waals surface area contributed by atoms with Gasteiger partial charge in [0.05, 0.1) is 16.4 Å². The Balaban J connectivity index is 2.05. The van der Waals surface area contributed by atoms with Crippen LogP contribution in [0.5, 0.6) is 0 Å². The summed E-state index contributed by atoms with van der Waals surface area (Å²) in [5, 5.41) is -0.0415. The van der Waals surface area contributed by atoms with E-state index < -0.39 is 0 Å². The molecule has 1 saturated carbocycles. The molecule has 0 saturated heterocycles. The Kier molecular flexibility index (Phi) is 3.53. The average molecular weight is 291 g/mol. The molecule has 0 bridgehead atoms. The third-order valence-corrected chi connectivity index (χ3v) is 4.72. The van der Waals surface area contributed by atoms with Crippen LogP contribution in [0, 0.1) is 12.3 Å². The molecule has 20 heavy (non-hydrogen) atoms. The van der Waals surface area contributed by atoms with E-state index in [1.54, 1.807) is 0 Å². The highest BCUT2D eigenvalue weighted by molar-refractivity contribution is 6.20. The van der Waals surface area contributed by atoms with Crippen LogP contribution >= 0.6 is 11.6 Å². The largest absolute Gasteiger partial charge is 0.326 e. The van der Waals surface area contributed by atoms with Crippen molar-refractivity contribution in [2.45, 2.75) is 58.4 Å². The van der Waals surface area contributed by atoms with Gasteiger partial charge >= 0.3 is 0 Å². The third-order valence-electron chi connectivity index (χ3n) is 4.52. The van der Waals surface area contributed by atoms with E-state index in [1.807, 2.05) is 6.92 Å². The molecule has 1 aliphatic rings. The van der Waals surface area contributed by atoms with E-state index in [4.69, 9.17) is 16.6 Å². The normalized spacial score (nSPS) is 18.4. The maximum atomic E-state index is 6.36. The fraction of sp³-hybridized carbons (Fsp3) is 0.588. The number of hydrogen-bond donors (Lipinski definition) is 0. The molecule has 2 aromatic rings. The van der Waals surface area contributed by atoms with Crippen LogP contribution in [0.25, 0.3) is 11.0 Å². The summed E-state index contributed by atoms with van der Waals surface area (Å²) >= 11 is 6.36. The van der Waals surface area contributed by atoms with E-state index in [9.17, 15) is 0 Å². The molecule has 0 amide bonds. The van der Waals surface area contributed by atoms with Gasteiger partial charge in [-0.3, -0.25) is 0 Å². The van der Waals surface area contributed by atoms with Crippen LogP contribution in [0.4, 0.5) is 0 Å². The number of alkyl halides is 1. The molecule has 0 radical (unpaired) electrons. The van der Waals surface area contributed by atoms with E-state index in [-0.39, 0.29) is 5.38 Å². The molecule has 1 atom stereocenters. The van der Waals surface area contributed by atoms with E-state index in [1.165, 1.54) is 36.8 Å². The topological polar surface area (TPSA) is 17.8 Å². The van der Waals surface area contributed by atoms with Gasteiger partial charge in [-0.25, -0.2) is 4.98 Å². The molecule has 0 N–H and O–H groups in total. The Bertz CT molecular complexity index is 623. The molecule has 3 rings (SSSR count). The Morgan fingerprint density at radius 3 is 2.75 bits per heavy atom. The first-order valence-electron chi connectivity index (χ1n) is 7.65. The van der Waals surface area contributed by atoms with Gasteiger partial charge in [-0.2, -0.15) is 0 Å². The average Bonchev–Trinajstić information content (AvgIpc) is 3.05. The molecule has 0 spiro atoms. The lowest BCUT2D eigenvalue weighted by Gasteiger charge is -2.18. The standard InChI is InChI=1S/C17H23ClN2/c1-4-7-17(8-9-17)11-20-15-6-5-12(2)10-14(15)19-16(20)13(3)18/h5-6,10,13H,4,7-9,11H2,1-3H3. The van der Waals surface area contributed by atoms with Crippen molar-refractivity contribution in [3.05, 3.63) is 29.6 Å². The fourth-order valence-electron chi connectivity index (χ4n) is 3.26. The number of halogens is 1. The zero-order valence-electron chi connectivity index (χ0n) is 12.6. The van der Waals surface area contributed by atoms with Crippen LogP contribution in [0.2, 0.25) is 0 Å². The third kappa shape index (κ3) is 2.46. The van der Waals surface area contributed by atoms with Gasteiger partial charge in [-0.15, -0.1) is 11.6 Å². The first-order valence-corrected chi connectivity index (χ1v) is 8.09. The SMILES string of the molecule is CCCC1(Cn2c(C(C)Cl)nc3cc(C)ccc32)CC1. The molecule has 1 fully saturated rings. The lowest BCUT2D eigenvalue weighted by atomic mass is 10.0. The van der Waals surface area contributed by atoms with Crippen LogP contribution in [-0.4, -0.2) is 9.55 Å². The monoisotopic (exact) mass is 290 g/mol. The number of aromatic nitrogens is 2. The van der Waals surface area contributed by atoms with Gasteiger partial charge in [0.15, 0.2) is 0 Å². The maximum Gasteiger partial charge on any atom is 0.127 e. The zero-order chi connectivity index (χ0) is 14.3. The molecule has 108 valence electrons. The summed E-state index contributed by atoms with van der Waals surface area (Å²) in [4.78, 5) is 4.78. The molecule has 1 aromatic carbocycles. The lowest BCUT2D eigenvalue weighted by molar-refractivity contribution is 0.387. The Hall–Kier alpha value is -1.02. The first-order chi connectivity index (χ1) is 9.54. The molecular formula is C17H23ClN2. The van der Waals surface area contributed by atoms with Gasteiger partial charge < -0.3 is 4.57 Å². The molecular weight excluding hydrogens is 268 g/mol. The minimum atomic E-state index is -0.0415. The highest BCUT2D eigenvalue weighted by atomic mass is 35.5. The summed E-state index contributed by atoms with van der Waals surface area (Å²) in [5.74, 6) is 1.02. The highest BCUT2D eigenvalue weighted by Crippen LogP contribution is 2.51. The Labute approximate surface area is 126 Å². The smallest absolute Gasteiger partial charge is 0.127 e. The van der Waals surface area contributed by atoms with Crippen LogP contribution < -0.4 is 0 Å². The van der Waals surface area contributed by atoms with Crippen molar-refractivity contribution in [3.63, 3.8) is 0 Å². The van der Waals surface area contributed by atoms with Gasteiger partial charge in [0.25, 0.3) is 0 Å². The van der Waals surface area contributed by atoms with Gasteiger partial charge in [0.2, 0.25) is 0 Å². The first kappa shape index (κ1) is 13.9. The van der Waals surface area contributed by atoms with E-state index in [0.29, 0.717) is 5.41 Å². The molecule has 2 nitrogen and oxygen atoms in total. The summed E-state index contributed by atoms with van der Waals surface area (Å²) in [5.41, 5.74) is 4.08. The van der Waals surface area contributed by atoms with Crippen molar-refractivity contribution < 1.29 is 0 Å². The number of imidazole rings is 1. The predicted octanol–water partition coefficient (Wildman–Crippen LogP) is 5.22. The fourth-order valence-corrected chi connectivity index (χ4v) is 3.42. The van der Waals surface area contributed by atoms with Crippen LogP contribution in [0.3, 0.4) is 0 Å². The van der Waals surface area contributed by atoms with E-state index >= 15 is 0 Å². The van der Waals surface area contributed by atoms with Crippen molar-refractivity contribution in [1.29, 1.82) is 0 Å². The van der Waals surface area contributed by atoms with E-state index in [2.05, 4.69) is 36.6 Å². The Morgan fingerprint density at radius 2 is 2.15 bits per heavy atom. The number of rotatable bonds is 5. The zero-order valence-corrected chi connectivity index (χ0v) is 13.4. The van der Waals surface area contributed by atoms with Crippen molar-refractivity contribution in [2.75, 3.05) is 0 Å². The number of aryl methyl sites for hydroxylation is 1. The predicted molar refractivity (Wildman–Crippen MR) is 85.3 cm³/mol. The number of benzene rings is 1. The maximum absolute atomic E-state index is 6.36. The number of hydrogen-bond acceptors (Lipinski definition) is 1. The highest BCUT2D eigenvalue weighted by Gasteiger charge is 2.42. The van der Waals surface area contributed by atoms with Gasteiger partial charge in [0.1, 0.15) is 5.82 Å². The van der Waals surface area contributed by atoms with Gasteiger partial charge in [0, 0.05) is 6.54 Å². The number of fused-ring (bicyclic) bond motifs is 1. The summed E-state index contributed by atoms with van der Waals surface area (Å²) in [7, 11) is 0. The summed E-state index contributed by atoms with van der Waals surface area (Å²) in [6.45, 7) is 7.49. The second-order valence-corrected chi connectivity index (χ2v) is 7.07. The molecule has 1 aliphatic carbocycles. The minimum Gasteiger partial charge on any atom is -0.326 e. The van der Waals surface area contributed by atoms with Crippen molar-refractivity contribution in [2.24, 2.45) is 5.41 Å². The summed E-state index contributed by atoms with van der Waals surface area (Å²) in [6.07, 6.45) is 5.27. The van der Waals surface area contributed by atoms with E-state index in [0.717, 1.165) is 17.9 Å². The second kappa shape index (κ2) is 5.07. The van der Waals surface area contributed by atoms with Gasteiger partial charge in [-0.05, 0) is 56.2 Å². The van der Waals surface area contributed by atoms with Crippen LogP contribution in [0.15, 0.2) is 18.2 Å². The van der Waals surface area contributed by atoms with Crippen LogP contribution in [-0.2, 0) is 6.54 Å². The Morgan fingerprint density at radius 1 is 1.40 bits per heavy atom. The molecule has 1 unspecified atom stereocenters. The summed E-state index contributed by atoms with van der Waals surface area (Å²) < 4.78 is 2.37. The molecule has 1 heterocycles. The molecule has 3 heteroatoms. The lowest BCUT2D eigenvalue weighted by Crippen LogP contribution is -2.14. The van der Waals surface area contributed by atoms with Crippen molar-refractivity contribution in [3.8, 4) is 0 Å². The minimum absolute atomic E-state index is 0.0415. The van der Waals surface area contributed by atoms with Crippen molar-refractivity contribution in [1.82, 2.24) is 9.55 Å².